The first-order chi connectivity index (χ1) is 12.1. The van der Waals surface area contributed by atoms with Gasteiger partial charge in [-0.15, -0.1) is 11.3 Å². The number of amides is 1. The second kappa shape index (κ2) is 8.13. The highest BCUT2D eigenvalue weighted by Crippen LogP contribution is 2.22. The molecule has 0 fully saturated rings. The fourth-order valence-corrected chi connectivity index (χ4v) is 3.39. The summed E-state index contributed by atoms with van der Waals surface area (Å²) in [5, 5.41) is 4.56. The predicted molar refractivity (Wildman–Crippen MR) is 97.2 cm³/mol. The van der Waals surface area contributed by atoms with E-state index in [-0.39, 0.29) is 12.4 Å². The molecule has 128 valence electrons. The van der Waals surface area contributed by atoms with Crippen molar-refractivity contribution >= 4 is 39.1 Å². The average molecular weight is 420 g/mol. The molecule has 1 N–H and O–H groups in total. The fourth-order valence-electron chi connectivity index (χ4n) is 2.19. The van der Waals surface area contributed by atoms with Gasteiger partial charge in [-0.3, -0.25) is 4.79 Å². The molecule has 2 aromatic heterocycles. The highest BCUT2D eigenvalue weighted by atomic mass is 79.9. The first-order valence-corrected chi connectivity index (χ1v) is 9.09. The SMILES string of the molecule is O=C(N[C@@H](C(=O)OCc1csc(Br)c1)c1ccccc1)c1ccco1. The van der Waals surface area contributed by atoms with Gasteiger partial charge in [0.1, 0.15) is 6.61 Å². The number of hydrogen-bond donors (Lipinski definition) is 1. The highest BCUT2D eigenvalue weighted by molar-refractivity contribution is 9.11. The van der Waals surface area contributed by atoms with Gasteiger partial charge >= 0.3 is 5.97 Å². The molecule has 1 amide bonds. The van der Waals surface area contributed by atoms with Gasteiger partial charge in [-0.2, -0.15) is 0 Å². The molecule has 25 heavy (non-hydrogen) atoms. The van der Waals surface area contributed by atoms with E-state index < -0.39 is 17.9 Å². The van der Waals surface area contributed by atoms with Crippen molar-refractivity contribution in [1.29, 1.82) is 0 Å². The molecule has 0 aliphatic heterocycles. The number of ether oxygens (including phenoxy) is 1. The summed E-state index contributed by atoms with van der Waals surface area (Å²) in [5.74, 6) is -0.877. The van der Waals surface area contributed by atoms with Crippen molar-refractivity contribution in [3.63, 3.8) is 0 Å². The molecule has 3 aromatic rings. The van der Waals surface area contributed by atoms with E-state index in [0.29, 0.717) is 5.56 Å². The third-order valence-corrected chi connectivity index (χ3v) is 4.95. The Hall–Kier alpha value is -2.38. The summed E-state index contributed by atoms with van der Waals surface area (Å²) in [7, 11) is 0. The summed E-state index contributed by atoms with van der Waals surface area (Å²) >= 11 is 4.88. The number of carbonyl (C=O) groups excluding carboxylic acids is 2. The number of esters is 1. The Kier molecular flexibility index (Phi) is 5.67. The Morgan fingerprint density at radius 1 is 1.20 bits per heavy atom. The van der Waals surface area contributed by atoms with Crippen LogP contribution in [0.25, 0.3) is 0 Å². The number of thiophene rings is 1. The van der Waals surface area contributed by atoms with Gasteiger partial charge in [0.2, 0.25) is 0 Å². The molecule has 2 heterocycles. The molecule has 0 aliphatic rings. The second-order valence-corrected chi connectivity index (χ2v) is 7.45. The molecular weight excluding hydrogens is 406 g/mol. The third kappa shape index (κ3) is 4.58. The minimum absolute atomic E-state index is 0.135. The number of benzene rings is 1. The van der Waals surface area contributed by atoms with E-state index in [2.05, 4.69) is 21.2 Å². The summed E-state index contributed by atoms with van der Waals surface area (Å²) < 4.78 is 11.4. The van der Waals surface area contributed by atoms with Crippen molar-refractivity contribution < 1.29 is 18.7 Å². The van der Waals surface area contributed by atoms with E-state index in [4.69, 9.17) is 9.15 Å². The molecular formula is C18H14BrNO4S. The van der Waals surface area contributed by atoms with Crippen molar-refractivity contribution in [1.82, 2.24) is 5.32 Å². The van der Waals surface area contributed by atoms with Crippen LogP contribution < -0.4 is 5.32 Å². The predicted octanol–water partition coefficient (Wildman–Crippen LogP) is 4.32. The number of furan rings is 1. The van der Waals surface area contributed by atoms with Gasteiger partial charge in [0.05, 0.1) is 10.0 Å². The molecule has 3 rings (SSSR count). The number of nitrogens with one attached hydrogen (secondary N) is 1. The first kappa shape index (κ1) is 17.4. The van der Waals surface area contributed by atoms with Crippen LogP contribution in [0.3, 0.4) is 0 Å². The molecule has 0 saturated carbocycles. The van der Waals surface area contributed by atoms with E-state index in [1.165, 1.54) is 23.7 Å². The lowest BCUT2D eigenvalue weighted by molar-refractivity contribution is -0.147. The summed E-state index contributed by atoms with van der Waals surface area (Å²) in [6, 6.07) is 13.1. The van der Waals surface area contributed by atoms with Crippen LogP contribution in [0.1, 0.15) is 27.7 Å². The molecule has 0 unspecified atom stereocenters. The molecule has 1 atom stereocenters. The number of carbonyl (C=O) groups is 2. The minimum atomic E-state index is -0.916. The number of rotatable bonds is 6. The van der Waals surface area contributed by atoms with E-state index in [0.717, 1.165) is 9.35 Å². The average Bonchev–Trinajstić information content (AvgIpc) is 3.30. The van der Waals surface area contributed by atoms with Gasteiger partial charge in [-0.05, 0) is 45.1 Å². The molecule has 0 bridgehead atoms. The van der Waals surface area contributed by atoms with Gasteiger partial charge in [0.15, 0.2) is 11.8 Å². The van der Waals surface area contributed by atoms with Gasteiger partial charge in [0, 0.05) is 5.56 Å². The fraction of sp³-hybridized carbons (Fsp3) is 0.111. The molecule has 5 nitrogen and oxygen atoms in total. The number of hydrogen-bond acceptors (Lipinski definition) is 5. The summed E-state index contributed by atoms with van der Waals surface area (Å²) in [5.41, 5.74) is 1.52. The Balaban J connectivity index is 1.73. The Labute approximate surface area is 156 Å². The Bertz CT molecular complexity index is 845. The quantitative estimate of drug-likeness (QED) is 0.604. The van der Waals surface area contributed by atoms with E-state index >= 15 is 0 Å². The third-order valence-electron chi connectivity index (χ3n) is 3.39. The van der Waals surface area contributed by atoms with Crippen molar-refractivity contribution in [2.24, 2.45) is 0 Å². The van der Waals surface area contributed by atoms with E-state index in [1.54, 1.807) is 30.3 Å². The van der Waals surface area contributed by atoms with E-state index in [1.807, 2.05) is 17.5 Å². The van der Waals surface area contributed by atoms with Crippen molar-refractivity contribution in [3.05, 3.63) is 80.8 Å². The largest absolute Gasteiger partial charge is 0.459 e. The zero-order valence-electron chi connectivity index (χ0n) is 13.0. The zero-order chi connectivity index (χ0) is 17.6. The molecule has 0 aliphatic carbocycles. The van der Waals surface area contributed by atoms with Crippen molar-refractivity contribution in [2.45, 2.75) is 12.6 Å². The second-order valence-electron chi connectivity index (χ2n) is 5.16. The summed E-state index contributed by atoms with van der Waals surface area (Å²) in [4.78, 5) is 24.8. The molecule has 0 radical (unpaired) electrons. The highest BCUT2D eigenvalue weighted by Gasteiger charge is 2.25. The van der Waals surface area contributed by atoms with Gasteiger partial charge in [-0.1, -0.05) is 30.3 Å². The van der Waals surface area contributed by atoms with Crippen molar-refractivity contribution in [2.75, 3.05) is 0 Å². The van der Waals surface area contributed by atoms with Crippen LogP contribution in [0.5, 0.6) is 0 Å². The van der Waals surface area contributed by atoms with Crippen LogP contribution in [0.2, 0.25) is 0 Å². The molecule has 0 spiro atoms. The number of halogens is 1. The lowest BCUT2D eigenvalue weighted by Gasteiger charge is -2.17. The Morgan fingerprint density at radius 2 is 2.00 bits per heavy atom. The van der Waals surface area contributed by atoms with Crippen LogP contribution >= 0.6 is 27.3 Å². The maximum Gasteiger partial charge on any atom is 0.333 e. The molecule has 1 aromatic carbocycles. The molecule has 7 heteroatoms. The lowest BCUT2D eigenvalue weighted by Crippen LogP contribution is -2.34. The standard InChI is InChI=1S/C18H14BrNO4S/c19-15-9-12(11-25-15)10-24-18(22)16(13-5-2-1-3-6-13)20-17(21)14-7-4-8-23-14/h1-9,11,16H,10H2,(H,20,21)/t16-/m1/s1. The summed E-state index contributed by atoms with van der Waals surface area (Å²) in [6.07, 6.45) is 1.40. The Morgan fingerprint density at radius 3 is 2.64 bits per heavy atom. The van der Waals surface area contributed by atoms with Crippen LogP contribution in [0.4, 0.5) is 0 Å². The van der Waals surface area contributed by atoms with Gasteiger partial charge < -0.3 is 14.5 Å². The van der Waals surface area contributed by atoms with Crippen LogP contribution in [0, 0.1) is 0 Å². The first-order valence-electron chi connectivity index (χ1n) is 7.42. The minimum Gasteiger partial charge on any atom is -0.459 e. The maximum atomic E-state index is 12.6. The van der Waals surface area contributed by atoms with Gasteiger partial charge in [0.25, 0.3) is 5.91 Å². The zero-order valence-corrected chi connectivity index (χ0v) is 15.4. The molecule has 0 saturated heterocycles. The normalized spacial score (nSPS) is 11.7. The van der Waals surface area contributed by atoms with Crippen LogP contribution in [0.15, 0.2) is 68.4 Å². The topological polar surface area (TPSA) is 68.5 Å². The van der Waals surface area contributed by atoms with Crippen LogP contribution in [-0.2, 0) is 16.1 Å². The smallest absolute Gasteiger partial charge is 0.333 e. The van der Waals surface area contributed by atoms with Crippen LogP contribution in [-0.4, -0.2) is 11.9 Å². The lowest BCUT2D eigenvalue weighted by atomic mass is 10.1. The van der Waals surface area contributed by atoms with E-state index in [9.17, 15) is 9.59 Å². The maximum absolute atomic E-state index is 12.6. The van der Waals surface area contributed by atoms with Gasteiger partial charge in [-0.25, -0.2) is 4.79 Å². The summed E-state index contributed by atoms with van der Waals surface area (Å²) in [6.45, 7) is 0.140. The monoisotopic (exact) mass is 419 g/mol. The van der Waals surface area contributed by atoms with Crippen molar-refractivity contribution in [3.8, 4) is 0 Å².